The van der Waals surface area contributed by atoms with Crippen molar-refractivity contribution < 1.29 is 14.5 Å². The molecule has 0 radical (unpaired) electrons. The molecule has 0 heterocycles. The van der Waals surface area contributed by atoms with E-state index in [1.807, 2.05) is 6.07 Å². The second kappa shape index (κ2) is 6.85. The second-order valence-electron chi connectivity index (χ2n) is 3.33. The van der Waals surface area contributed by atoms with Gasteiger partial charge in [0.25, 0.3) is 5.69 Å². The van der Waals surface area contributed by atoms with Crippen molar-refractivity contribution in [3.63, 3.8) is 0 Å². The number of rotatable bonds is 5. The Morgan fingerprint density at radius 2 is 2.11 bits per heavy atom. The van der Waals surface area contributed by atoms with Crippen LogP contribution in [0.2, 0.25) is 0 Å². The van der Waals surface area contributed by atoms with Gasteiger partial charge in [-0.2, -0.15) is 5.26 Å². The first-order chi connectivity index (χ1) is 8.63. The minimum Gasteiger partial charge on any atom is -0.445 e. The van der Waals surface area contributed by atoms with Crippen molar-refractivity contribution >= 4 is 11.8 Å². The molecule has 1 aromatic rings. The van der Waals surface area contributed by atoms with Crippen LogP contribution in [0.15, 0.2) is 24.3 Å². The Labute approximate surface area is 103 Å². The van der Waals surface area contributed by atoms with Crippen LogP contribution in [0.25, 0.3) is 0 Å². The Kier molecular flexibility index (Phi) is 5.12. The number of ether oxygens (including phenoxy) is 1. The average Bonchev–Trinajstić information content (AvgIpc) is 2.37. The SMILES string of the molecule is N#CCCNC(=O)OCc1ccc([N+](=O)[O-])cc1. The fourth-order valence-corrected chi connectivity index (χ4v) is 1.13. The van der Waals surface area contributed by atoms with Crippen molar-refractivity contribution in [3.05, 3.63) is 39.9 Å². The van der Waals surface area contributed by atoms with Gasteiger partial charge in [0, 0.05) is 18.7 Å². The molecule has 0 aromatic heterocycles. The summed E-state index contributed by atoms with van der Waals surface area (Å²) in [5, 5.41) is 21.1. The van der Waals surface area contributed by atoms with E-state index in [1.165, 1.54) is 24.3 Å². The number of alkyl carbamates (subject to hydrolysis) is 1. The van der Waals surface area contributed by atoms with E-state index in [9.17, 15) is 14.9 Å². The summed E-state index contributed by atoms with van der Waals surface area (Å²) in [7, 11) is 0. The van der Waals surface area contributed by atoms with Crippen LogP contribution in [-0.4, -0.2) is 17.6 Å². The molecule has 18 heavy (non-hydrogen) atoms. The van der Waals surface area contributed by atoms with Crippen LogP contribution >= 0.6 is 0 Å². The number of hydrogen-bond acceptors (Lipinski definition) is 5. The van der Waals surface area contributed by atoms with Gasteiger partial charge in [-0.1, -0.05) is 0 Å². The van der Waals surface area contributed by atoms with E-state index >= 15 is 0 Å². The Bertz CT molecular complexity index is 464. The first kappa shape index (κ1) is 13.4. The first-order valence-corrected chi connectivity index (χ1v) is 5.14. The molecule has 1 rings (SSSR count). The molecular weight excluding hydrogens is 238 g/mol. The third kappa shape index (κ3) is 4.49. The summed E-state index contributed by atoms with van der Waals surface area (Å²) in [5.41, 5.74) is 0.633. The molecule has 0 aliphatic heterocycles. The van der Waals surface area contributed by atoms with Crippen molar-refractivity contribution in [2.75, 3.05) is 6.54 Å². The zero-order valence-corrected chi connectivity index (χ0v) is 9.46. The summed E-state index contributed by atoms with van der Waals surface area (Å²) >= 11 is 0. The molecule has 94 valence electrons. The summed E-state index contributed by atoms with van der Waals surface area (Å²) in [4.78, 5) is 21.0. The number of carbonyl (C=O) groups is 1. The average molecular weight is 249 g/mol. The Hall–Kier alpha value is -2.62. The van der Waals surface area contributed by atoms with Gasteiger partial charge in [0.05, 0.1) is 17.4 Å². The molecule has 0 atom stereocenters. The molecule has 1 aromatic carbocycles. The molecule has 0 spiro atoms. The van der Waals surface area contributed by atoms with Crippen LogP contribution in [0.3, 0.4) is 0 Å². The molecule has 0 aliphatic carbocycles. The second-order valence-corrected chi connectivity index (χ2v) is 3.33. The van der Waals surface area contributed by atoms with Crippen molar-refractivity contribution in [1.29, 1.82) is 5.26 Å². The van der Waals surface area contributed by atoms with Gasteiger partial charge < -0.3 is 10.1 Å². The maximum Gasteiger partial charge on any atom is 0.407 e. The predicted molar refractivity (Wildman–Crippen MR) is 61.5 cm³/mol. The Morgan fingerprint density at radius 1 is 1.44 bits per heavy atom. The summed E-state index contributed by atoms with van der Waals surface area (Å²) in [6.07, 6.45) is -0.407. The molecule has 0 saturated carbocycles. The van der Waals surface area contributed by atoms with Gasteiger partial charge in [0.1, 0.15) is 6.61 Å². The van der Waals surface area contributed by atoms with Gasteiger partial charge in [-0.05, 0) is 17.7 Å². The van der Waals surface area contributed by atoms with Crippen LogP contribution in [0.1, 0.15) is 12.0 Å². The van der Waals surface area contributed by atoms with E-state index in [4.69, 9.17) is 10.00 Å². The zero-order valence-electron chi connectivity index (χ0n) is 9.46. The summed E-state index contributed by atoms with van der Waals surface area (Å²) in [6, 6.07) is 7.59. The smallest absolute Gasteiger partial charge is 0.407 e. The van der Waals surface area contributed by atoms with Gasteiger partial charge in [-0.25, -0.2) is 4.79 Å². The van der Waals surface area contributed by atoms with Crippen LogP contribution in [-0.2, 0) is 11.3 Å². The van der Waals surface area contributed by atoms with E-state index in [1.54, 1.807) is 0 Å². The maximum absolute atomic E-state index is 11.1. The lowest BCUT2D eigenvalue weighted by molar-refractivity contribution is -0.384. The lowest BCUT2D eigenvalue weighted by Gasteiger charge is -2.05. The first-order valence-electron chi connectivity index (χ1n) is 5.14. The molecule has 1 N–H and O–H groups in total. The highest BCUT2D eigenvalue weighted by Gasteiger charge is 2.05. The van der Waals surface area contributed by atoms with Crippen molar-refractivity contribution in [1.82, 2.24) is 5.32 Å². The van der Waals surface area contributed by atoms with Crippen molar-refractivity contribution in [2.45, 2.75) is 13.0 Å². The maximum atomic E-state index is 11.1. The number of nitrogens with one attached hydrogen (secondary N) is 1. The molecular formula is C11H11N3O4. The zero-order chi connectivity index (χ0) is 13.4. The fraction of sp³-hybridized carbons (Fsp3) is 0.273. The monoisotopic (exact) mass is 249 g/mol. The number of non-ortho nitro benzene ring substituents is 1. The summed E-state index contributed by atoms with van der Waals surface area (Å²) in [6.45, 7) is 0.256. The molecule has 0 aliphatic rings. The van der Waals surface area contributed by atoms with Gasteiger partial charge >= 0.3 is 6.09 Å². The van der Waals surface area contributed by atoms with E-state index in [0.717, 1.165) is 0 Å². The topological polar surface area (TPSA) is 105 Å². The lowest BCUT2D eigenvalue weighted by atomic mass is 10.2. The van der Waals surface area contributed by atoms with Crippen LogP contribution in [0, 0.1) is 21.4 Å². The standard InChI is InChI=1S/C11H11N3O4/c12-6-1-7-13-11(15)18-8-9-2-4-10(5-3-9)14(16)17/h2-5H,1,7-8H2,(H,13,15). The number of hydrogen-bond donors (Lipinski definition) is 1. The van der Waals surface area contributed by atoms with Gasteiger partial charge in [-0.3, -0.25) is 10.1 Å². The number of nitriles is 1. The Morgan fingerprint density at radius 3 is 2.67 bits per heavy atom. The minimum atomic E-state index is -0.622. The van der Waals surface area contributed by atoms with E-state index in [0.29, 0.717) is 5.56 Å². The van der Waals surface area contributed by atoms with Gasteiger partial charge in [-0.15, -0.1) is 0 Å². The number of nitro benzene ring substituents is 1. The highest BCUT2D eigenvalue weighted by atomic mass is 16.6. The van der Waals surface area contributed by atoms with Gasteiger partial charge in [0.15, 0.2) is 0 Å². The predicted octanol–water partition coefficient (Wildman–Crippen LogP) is 1.73. The molecule has 0 bridgehead atoms. The molecule has 0 fully saturated rings. The largest absolute Gasteiger partial charge is 0.445 e. The number of carbonyl (C=O) groups excluding carboxylic acids is 1. The highest BCUT2D eigenvalue weighted by Crippen LogP contribution is 2.12. The van der Waals surface area contributed by atoms with Crippen LogP contribution in [0.5, 0.6) is 0 Å². The third-order valence-corrected chi connectivity index (χ3v) is 2.02. The Balaban J connectivity index is 2.37. The molecule has 0 saturated heterocycles. The minimum absolute atomic E-state index is 0.0165. The quantitative estimate of drug-likeness (QED) is 0.486. The highest BCUT2D eigenvalue weighted by molar-refractivity contribution is 5.67. The summed E-state index contributed by atoms with van der Waals surface area (Å²) < 4.78 is 4.85. The van der Waals surface area contributed by atoms with Gasteiger partial charge in [0.2, 0.25) is 0 Å². The summed E-state index contributed by atoms with van der Waals surface area (Å²) in [5.74, 6) is 0. The molecule has 7 nitrogen and oxygen atoms in total. The number of amides is 1. The number of nitrogens with zero attached hydrogens (tertiary/aromatic N) is 2. The van der Waals surface area contributed by atoms with E-state index in [2.05, 4.69) is 5.32 Å². The van der Waals surface area contributed by atoms with Crippen molar-refractivity contribution in [2.24, 2.45) is 0 Å². The molecule has 7 heteroatoms. The molecule has 0 unspecified atom stereocenters. The number of benzene rings is 1. The third-order valence-electron chi connectivity index (χ3n) is 2.02. The van der Waals surface area contributed by atoms with E-state index < -0.39 is 11.0 Å². The van der Waals surface area contributed by atoms with Crippen molar-refractivity contribution in [3.8, 4) is 6.07 Å². The molecule has 1 amide bonds. The van der Waals surface area contributed by atoms with Crippen LogP contribution < -0.4 is 5.32 Å². The van der Waals surface area contributed by atoms with E-state index in [-0.39, 0.29) is 25.3 Å². The number of nitro groups is 1. The fourth-order valence-electron chi connectivity index (χ4n) is 1.13. The lowest BCUT2D eigenvalue weighted by Crippen LogP contribution is -2.24. The normalized spacial score (nSPS) is 9.28. The van der Waals surface area contributed by atoms with Crippen LogP contribution in [0.4, 0.5) is 10.5 Å².